The molecule has 0 atom stereocenters. The minimum absolute atomic E-state index is 0.176. The van der Waals surface area contributed by atoms with Crippen molar-refractivity contribution in [3.63, 3.8) is 0 Å². The normalized spacial score (nSPS) is 10.8. The van der Waals surface area contributed by atoms with Crippen molar-refractivity contribution in [2.45, 2.75) is 13.8 Å². The number of amides is 1. The summed E-state index contributed by atoms with van der Waals surface area (Å²) in [6.07, 6.45) is 1.71. The third-order valence-electron chi connectivity index (χ3n) is 5.10. The lowest BCUT2D eigenvalue weighted by Gasteiger charge is -2.13. The van der Waals surface area contributed by atoms with Gasteiger partial charge in [0.25, 0.3) is 5.91 Å². The molecule has 3 N–H and O–H groups in total. The second-order valence-electron chi connectivity index (χ2n) is 7.17. The number of aryl methyl sites for hydroxylation is 2. The van der Waals surface area contributed by atoms with Crippen LogP contribution in [0.2, 0.25) is 0 Å². The van der Waals surface area contributed by atoms with Crippen LogP contribution >= 0.6 is 0 Å². The number of nitrogens with zero attached hydrogens (tertiary/aromatic N) is 2. The van der Waals surface area contributed by atoms with Crippen molar-refractivity contribution < 1.29 is 9.53 Å². The minimum atomic E-state index is -0.176. The van der Waals surface area contributed by atoms with Gasteiger partial charge < -0.3 is 15.8 Å². The summed E-state index contributed by atoms with van der Waals surface area (Å²) >= 11 is 0. The Kier molecular flexibility index (Phi) is 5.06. The number of hydrogen-bond acceptors (Lipinski definition) is 5. The Morgan fingerprint density at radius 2 is 1.80 bits per heavy atom. The standard InChI is InChI=1S/C24H22N4O2/c1-14-4-6-17(23(29)27-22-12-19(30-3)8-5-15(22)2)11-20(14)16-7-9-21-18(10-16)13-26-24(25)28-21/h4-13H,1-3H3,(H,27,29)(H2,25,26,28). The lowest BCUT2D eigenvalue weighted by molar-refractivity contribution is 0.102. The fourth-order valence-electron chi connectivity index (χ4n) is 3.35. The number of nitrogens with one attached hydrogen (secondary N) is 1. The van der Waals surface area contributed by atoms with Gasteiger partial charge in [-0.15, -0.1) is 0 Å². The van der Waals surface area contributed by atoms with Gasteiger partial charge in [0.1, 0.15) is 5.75 Å². The number of aromatic nitrogens is 2. The molecular weight excluding hydrogens is 376 g/mol. The van der Waals surface area contributed by atoms with Gasteiger partial charge in [0.15, 0.2) is 0 Å². The molecule has 1 amide bonds. The highest BCUT2D eigenvalue weighted by molar-refractivity contribution is 6.05. The van der Waals surface area contributed by atoms with E-state index in [4.69, 9.17) is 10.5 Å². The summed E-state index contributed by atoms with van der Waals surface area (Å²) in [7, 11) is 1.60. The van der Waals surface area contributed by atoms with Gasteiger partial charge in [-0.25, -0.2) is 9.97 Å². The summed E-state index contributed by atoms with van der Waals surface area (Å²) < 4.78 is 5.26. The first-order chi connectivity index (χ1) is 14.4. The zero-order chi connectivity index (χ0) is 21.3. The predicted molar refractivity (Wildman–Crippen MR) is 120 cm³/mol. The summed E-state index contributed by atoms with van der Waals surface area (Å²) in [6, 6.07) is 17.2. The molecule has 150 valence electrons. The molecule has 0 aliphatic carbocycles. The van der Waals surface area contributed by atoms with Crippen LogP contribution in [0.15, 0.2) is 60.8 Å². The van der Waals surface area contributed by atoms with Crippen LogP contribution in [0, 0.1) is 13.8 Å². The quantitative estimate of drug-likeness (QED) is 0.517. The van der Waals surface area contributed by atoms with Crippen LogP contribution in [0.1, 0.15) is 21.5 Å². The smallest absolute Gasteiger partial charge is 0.255 e. The van der Waals surface area contributed by atoms with E-state index in [1.165, 1.54) is 0 Å². The largest absolute Gasteiger partial charge is 0.497 e. The Labute approximate surface area is 174 Å². The molecule has 0 saturated carbocycles. The Morgan fingerprint density at radius 3 is 2.60 bits per heavy atom. The van der Waals surface area contributed by atoms with Gasteiger partial charge in [-0.05, 0) is 66.4 Å². The molecule has 1 heterocycles. The fourth-order valence-corrected chi connectivity index (χ4v) is 3.35. The van der Waals surface area contributed by atoms with Gasteiger partial charge in [-0.2, -0.15) is 0 Å². The molecule has 0 saturated heterocycles. The van der Waals surface area contributed by atoms with Crippen molar-refractivity contribution in [3.05, 3.63) is 77.5 Å². The Hall–Kier alpha value is -3.93. The maximum Gasteiger partial charge on any atom is 0.255 e. The zero-order valence-electron chi connectivity index (χ0n) is 17.1. The van der Waals surface area contributed by atoms with Crippen LogP contribution in [0.4, 0.5) is 11.6 Å². The molecule has 0 unspecified atom stereocenters. The highest BCUT2D eigenvalue weighted by Crippen LogP contribution is 2.28. The van der Waals surface area contributed by atoms with E-state index < -0.39 is 0 Å². The number of carbonyl (C=O) groups is 1. The van der Waals surface area contributed by atoms with E-state index in [0.717, 1.165) is 38.8 Å². The van der Waals surface area contributed by atoms with Crippen molar-refractivity contribution in [2.75, 3.05) is 18.2 Å². The monoisotopic (exact) mass is 398 g/mol. The molecule has 6 heteroatoms. The van der Waals surface area contributed by atoms with E-state index in [9.17, 15) is 4.79 Å². The van der Waals surface area contributed by atoms with E-state index in [1.54, 1.807) is 13.3 Å². The maximum absolute atomic E-state index is 12.9. The van der Waals surface area contributed by atoms with E-state index in [-0.39, 0.29) is 11.9 Å². The number of ether oxygens (including phenoxy) is 1. The maximum atomic E-state index is 12.9. The van der Waals surface area contributed by atoms with E-state index in [1.807, 2.05) is 68.4 Å². The third kappa shape index (κ3) is 3.80. The van der Waals surface area contributed by atoms with Crippen molar-refractivity contribution in [1.82, 2.24) is 9.97 Å². The molecule has 0 radical (unpaired) electrons. The first-order valence-electron chi connectivity index (χ1n) is 9.54. The summed E-state index contributed by atoms with van der Waals surface area (Å²) in [5.41, 5.74) is 11.7. The molecule has 0 aliphatic heterocycles. The van der Waals surface area contributed by atoms with Crippen molar-refractivity contribution in [1.29, 1.82) is 0 Å². The first-order valence-corrected chi connectivity index (χ1v) is 9.54. The first kappa shape index (κ1) is 19.4. The number of rotatable bonds is 4. The number of fused-ring (bicyclic) bond motifs is 1. The average molecular weight is 398 g/mol. The molecule has 30 heavy (non-hydrogen) atoms. The van der Waals surface area contributed by atoms with Crippen LogP contribution in [0.3, 0.4) is 0 Å². The van der Waals surface area contributed by atoms with Crippen LogP contribution in [0.5, 0.6) is 5.75 Å². The van der Waals surface area contributed by atoms with Gasteiger partial charge >= 0.3 is 0 Å². The molecule has 1 aromatic heterocycles. The topological polar surface area (TPSA) is 90.1 Å². The number of methoxy groups -OCH3 is 1. The predicted octanol–water partition coefficient (Wildman–Crippen LogP) is 4.76. The second kappa shape index (κ2) is 7.83. The zero-order valence-corrected chi connectivity index (χ0v) is 17.1. The third-order valence-corrected chi connectivity index (χ3v) is 5.10. The number of benzene rings is 3. The Bertz CT molecular complexity index is 1270. The van der Waals surface area contributed by atoms with Gasteiger partial charge in [0.2, 0.25) is 5.95 Å². The van der Waals surface area contributed by atoms with Gasteiger partial charge in [0, 0.05) is 28.9 Å². The lowest BCUT2D eigenvalue weighted by atomic mass is 9.97. The molecule has 0 spiro atoms. The van der Waals surface area contributed by atoms with Crippen LogP contribution < -0.4 is 15.8 Å². The van der Waals surface area contributed by atoms with Crippen LogP contribution in [0.25, 0.3) is 22.0 Å². The minimum Gasteiger partial charge on any atom is -0.497 e. The summed E-state index contributed by atoms with van der Waals surface area (Å²) in [6.45, 7) is 3.96. The highest BCUT2D eigenvalue weighted by Gasteiger charge is 2.12. The van der Waals surface area contributed by atoms with E-state index in [2.05, 4.69) is 15.3 Å². The summed E-state index contributed by atoms with van der Waals surface area (Å²) in [5, 5.41) is 3.87. The number of anilines is 2. The van der Waals surface area contributed by atoms with Crippen molar-refractivity contribution >= 4 is 28.4 Å². The van der Waals surface area contributed by atoms with E-state index >= 15 is 0 Å². The SMILES string of the molecule is COc1ccc(C)c(NC(=O)c2ccc(C)c(-c3ccc4nc(N)ncc4c3)c2)c1. The molecule has 6 nitrogen and oxygen atoms in total. The molecule has 0 bridgehead atoms. The molecular formula is C24H22N4O2. The Morgan fingerprint density at radius 1 is 1.00 bits per heavy atom. The summed E-state index contributed by atoms with van der Waals surface area (Å²) in [4.78, 5) is 21.2. The van der Waals surface area contributed by atoms with Crippen LogP contribution in [-0.2, 0) is 0 Å². The van der Waals surface area contributed by atoms with Crippen LogP contribution in [-0.4, -0.2) is 23.0 Å². The number of hydrogen-bond donors (Lipinski definition) is 2. The molecule has 0 aliphatic rings. The lowest BCUT2D eigenvalue weighted by Crippen LogP contribution is -2.13. The number of nitrogen functional groups attached to an aromatic ring is 1. The Balaban J connectivity index is 1.68. The fraction of sp³-hybridized carbons (Fsp3) is 0.125. The van der Waals surface area contributed by atoms with Crippen molar-refractivity contribution in [3.8, 4) is 16.9 Å². The molecule has 4 aromatic rings. The van der Waals surface area contributed by atoms with E-state index in [0.29, 0.717) is 11.3 Å². The van der Waals surface area contributed by atoms with Crippen molar-refractivity contribution in [2.24, 2.45) is 0 Å². The number of carbonyl (C=O) groups excluding carboxylic acids is 1. The average Bonchev–Trinajstić information content (AvgIpc) is 2.75. The van der Waals surface area contributed by atoms with Gasteiger partial charge in [0.05, 0.1) is 12.6 Å². The molecule has 4 rings (SSSR count). The highest BCUT2D eigenvalue weighted by atomic mass is 16.5. The molecule has 3 aromatic carbocycles. The molecule has 0 fully saturated rings. The summed E-state index contributed by atoms with van der Waals surface area (Å²) in [5.74, 6) is 0.766. The number of nitrogens with two attached hydrogens (primary N) is 1. The van der Waals surface area contributed by atoms with Gasteiger partial charge in [-0.3, -0.25) is 4.79 Å². The van der Waals surface area contributed by atoms with Gasteiger partial charge in [-0.1, -0.05) is 18.2 Å². The second-order valence-corrected chi connectivity index (χ2v) is 7.17.